The first-order valence-electron chi connectivity index (χ1n) is 11.8. The number of fused-ring (bicyclic) bond motifs is 1. The maximum atomic E-state index is 6.45. The van der Waals surface area contributed by atoms with Gasteiger partial charge in [-0.05, 0) is 74.8 Å². The maximum absolute atomic E-state index is 6.45. The van der Waals surface area contributed by atoms with Crippen molar-refractivity contribution < 1.29 is 4.74 Å². The van der Waals surface area contributed by atoms with Crippen LogP contribution in [0.2, 0.25) is 0 Å². The van der Waals surface area contributed by atoms with Gasteiger partial charge in [0, 0.05) is 30.7 Å². The van der Waals surface area contributed by atoms with Gasteiger partial charge >= 0.3 is 0 Å². The fourth-order valence-corrected chi connectivity index (χ4v) is 4.32. The van der Waals surface area contributed by atoms with E-state index in [4.69, 9.17) is 4.74 Å². The molecule has 0 spiro atoms. The highest BCUT2D eigenvalue weighted by atomic mass is 35.5. The Morgan fingerprint density at radius 3 is 2.63 bits per heavy atom. The zero-order valence-corrected chi connectivity index (χ0v) is 20.9. The molecule has 0 saturated carbocycles. The van der Waals surface area contributed by atoms with Crippen LogP contribution < -0.4 is 15.4 Å². The van der Waals surface area contributed by atoms with E-state index in [1.165, 1.54) is 0 Å². The molecule has 1 aliphatic heterocycles. The molecule has 182 valence electrons. The predicted molar refractivity (Wildman–Crippen MR) is 144 cm³/mol. The minimum atomic E-state index is 0. The Balaban J connectivity index is 0.00000289. The lowest BCUT2D eigenvalue weighted by atomic mass is 10.1. The van der Waals surface area contributed by atoms with Gasteiger partial charge in [-0.15, -0.1) is 12.4 Å². The van der Waals surface area contributed by atoms with Crippen molar-refractivity contribution in [1.29, 1.82) is 0 Å². The molecule has 0 amide bonds. The highest BCUT2D eigenvalue weighted by Gasteiger charge is 2.20. The molecule has 8 heteroatoms. The first-order chi connectivity index (χ1) is 16.7. The van der Waals surface area contributed by atoms with Crippen molar-refractivity contribution in [3.05, 3.63) is 78.4 Å². The van der Waals surface area contributed by atoms with Crippen LogP contribution in [0.1, 0.15) is 24.1 Å². The number of nitrogens with zero attached hydrogens (tertiary/aromatic N) is 4. The summed E-state index contributed by atoms with van der Waals surface area (Å²) >= 11 is 0. The molecule has 0 bridgehead atoms. The molecular formula is C27H31ClN6O. The monoisotopic (exact) mass is 490 g/mol. The molecule has 1 aliphatic rings. The summed E-state index contributed by atoms with van der Waals surface area (Å²) in [5.41, 5.74) is 5.06. The van der Waals surface area contributed by atoms with E-state index in [9.17, 15) is 0 Å². The summed E-state index contributed by atoms with van der Waals surface area (Å²) in [7, 11) is 2.16. The summed E-state index contributed by atoms with van der Waals surface area (Å²) in [6, 6.07) is 18.2. The quantitative estimate of drug-likeness (QED) is 0.350. The molecule has 5 rings (SSSR count). The topological polar surface area (TPSA) is 75.2 Å². The second-order valence-corrected chi connectivity index (χ2v) is 8.82. The van der Waals surface area contributed by atoms with Crippen LogP contribution in [-0.2, 0) is 6.54 Å². The molecule has 2 N–H and O–H groups in total. The molecule has 7 nitrogen and oxygen atoms in total. The van der Waals surface area contributed by atoms with Crippen LogP contribution in [-0.4, -0.2) is 46.1 Å². The Bertz CT molecular complexity index is 1260. The molecule has 4 aromatic rings. The van der Waals surface area contributed by atoms with Crippen LogP contribution in [0, 0.1) is 6.92 Å². The average molecular weight is 491 g/mol. The summed E-state index contributed by atoms with van der Waals surface area (Å²) < 4.78 is 6.45. The molecule has 0 radical (unpaired) electrons. The number of ether oxygens (including phenoxy) is 1. The number of nitrogens with one attached hydrogen (secondary N) is 2. The van der Waals surface area contributed by atoms with Gasteiger partial charge < -0.3 is 20.3 Å². The van der Waals surface area contributed by atoms with Gasteiger partial charge in [0.2, 0.25) is 0 Å². The fourth-order valence-electron chi connectivity index (χ4n) is 4.32. The van der Waals surface area contributed by atoms with Gasteiger partial charge in [0.15, 0.2) is 0 Å². The van der Waals surface area contributed by atoms with Gasteiger partial charge in [-0.2, -0.15) is 0 Å². The first kappa shape index (κ1) is 24.7. The second kappa shape index (κ2) is 11.3. The van der Waals surface area contributed by atoms with Crippen molar-refractivity contribution in [3.63, 3.8) is 0 Å². The third-order valence-electron chi connectivity index (χ3n) is 6.26. The van der Waals surface area contributed by atoms with Crippen LogP contribution in [0.15, 0.2) is 67.1 Å². The molecular weight excluding hydrogens is 460 g/mol. The molecule has 1 saturated heterocycles. The minimum Gasteiger partial charge on any atom is -0.489 e. The van der Waals surface area contributed by atoms with Crippen LogP contribution in [0.5, 0.6) is 5.75 Å². The third kappa shape index (κ3) is 5.99. The van der Waals surface area contributed by atoms with E-state index in [0.717, 1.165) is 71.0 Å². The van der Waals surface area contributed by atoms with Crippen LogP contribution in [0.25, 0.3) is 10.9 Å². The lowest BCUT2D eigenvalue weighted by Gasteiger charge is -2.29. The van der Waals surface area contributed by atoms with E-state index in [1.54, 1.807) is 6.33 Å². The van der Waals surface area contributed by atoms with Crippen molar-refractivity contribution in [3.8, 4) is 5.75 Å². The lowest BCUT2D eigenvalue weighted by molar-refractivity contribution is 0.116. The molecule has 0 atom stereocenters. The Kier molecular flexibility index (Phi) is 8.00. The molecule has 2 aromatic carbocycles. The van der Waals surface area contributed by atoms with Gasteiger partial charge in [-0.3, -0.25) is 4.98 Å². The SMILES string of the molecule is Cc1cc(Nc2ncnc3cccc(OC4CCN(C)CC4)c23)ccc1NCc1ccccn1.Cl. The van der Waals surface area contributed by atoms with Crippen LogP contribution in [0.3, 0.4) is 0 Å². The molecule has 1 fully saturated rings. The Hall–Kier alpha value is -3.42. The number of benzene rings is 2. The maximum Gasteiger partial charge on any atom is 0.145 e. The zero-order valence-electron chi connectivity index (χ0n) is 20.1. The number of piperidine rings is 1. The highest BCUT2D eigenvalue weighted by Crippen LogP contribution is 2.33. The van der Waals surface area contributed by atoms with Gasteiger partial charge in [0.05, 0.1) is 23.1 Å². The molecule has 0 aliphatic carbocycles. The molecule has 35 heavy (non-hydrogen) atoms. The summed E-state index contributed by atoms with van der Waals surface area (Å²) in [4.78, 5) is 15.8. The number of hydrogen-bond acceptors (Lipinski definition) is 7. The first-order valence-corrected chi connectivity index (χ1v) is 11.8. The van der Waals surface area contributed by atoms with Crippen molar-refractivity contribution in [2.75, 3.05) is 30.8 Å². The van der Waals surface area contributed by atoms with Crippen molar-refractivity contribution >= 4 is 40.5 Å². The van der Waals surface area contributed by atoms with E-state index in [2.05, 4.69) is 62.7 Å². The summed E-state index contributed by atoms with van der Waals surface area (Å²) in [6.45, 7) is 4.88. The number of anilines is 3. The van der Waals surface area contributed by atoms with Crippen molar-refractivity contribution in [2.45, 2.75) is 32.4 Å². The van der Waals surface area contributed by atoms with Crippen molar-refractivity contribution in [2.24, 2.45) is 0 Å². The smallest absolute Gasteiger partial charge is 0.145 e. The van der Waals surface area contributed by atoms with Crippen LogP contribution in [0.4, 0.5) is 17.2 Å². The van der Waals surface area contributed by atoms with E-state index >= 15 is 0 Å². The summed E-state index contributed by atoms with van der Waals surface area (Å²) in [5.74, 6) is 1.59. The molecule has 0 unspecified atom stereocenters. The molecule has 2 aromatic heterocycles. The minimum absolute atomic E-state index is 0. The Morgan fingerprint density at radius 1 is 1.00 bits per heavy atom. The zero-order chi connectivity index (χ0) is 23.3. The largest absolute Gasteiger partial charge is 0.489 e. The third-order valence-corrected chi connectivity index (χ3v) is 6.26. The average Bonchev–Trinajstić information content (AvgIpc) is 2.86. The van der Waals surface area contributed by atoms with E-state index < -0.39 is 0 Å². The number of pyridine rings is 1. The van der Waals surface area contributed by atoms with E-state index in [-0.39, 0.29) is 18.5 Å². The molecule has 3 heterocycles. The van der Waals surface area contributed by atoms with Crippen LogP contribution >= 0.6 is 12.4 Å². The number of aryl methyl sites for hydroxylation is 1. The Labute approximate surface area is 212 Å². The normalized spacial score (nSPS) is 14.3. The highest BCUT2D eigenvalue weighted by molar-refractivity contribution is 5.95. The summed E-state index contributed by atoms with van der Waals surface area (Å²) in [5, 5.41) is 7.88. The fraction of sp³-hybridized carbons (Fsp3) is 0.296. The predicted octanol–water partition coefficient (Wildman–Crippen LogP) is 5.58. The number of aromatic nitrogens is 3. The number of rotatable bonds is 7. The number of halogens is 1. The standard InChI is InChI=1S/C27H30N6O.ClH/c1-19-16-20(9-10-23(19)29-17-21-6-3-4-13-28-21)32-27-26-24(30-18-31-27)7-5-8-25(26)34-22-11-14-33(2)15-12-22;/h3-10,13,16,18,22,29H,11-12,14-15,17H2,1-2H3,(H,30,31,32);1H. The Morgan fingerprint density at radius 2 is 1.86 bits per heavy atom. The summed E-state index contributed by atoms with van der Waals surface area (Å²) in [6.07, 6.45) is 5.67. The van der Waals surface area contributed by atoms with Gasteiger partial charge in [0.25, 0.3) is 0 Å². The van der Waals surface area contributed by atoms with E-state index in [0.29, 0.717) is 6.54 Å². The van der Waals surface area contributed by atoms with E-state index in [1.807, 2.05) is 42.6 Å². The number of likely N-dealkylation sites (tertiary alicyclic amines) is 1. The van der Waals surface area contributed by atoms with Crippen molar-refractivity contribution in [1.82, 2.24) is 19.9 Å². The van der Waals surface area contributed by atoms with Gasteiger partial charge in [-0.1, -0.05) is 12.1 Å². The lowest BCUT2D eigenvalue weighted by Crippen LogP contribution is -2.35. The number of hydrogen-bond donors (Lipinski definition) is 2. The van der Waals surface area contributed by atoms with Gasteiger partial charge in [0.1, 0.15) is 24.0 Å². The second-order valence-electron chi connectivity index (χ2n) is 8.82. The van der Waals surface area contributed by atoms with Gasteiger partial charge in [-0.25, -0.2) is 9.97 Å².